The topological polar surface area (TPSA) is 47.5 Å². The van der Waals surface area contributed by atoms with Gasteiger partial charge in [0.1, 0.15) is 5.69 Å². The zero-order chi connectivity index (χ0) is 25.4. The molecule has 0 saturated carbocycles. The summed E-state index contributed by atoms with van der Waals surface area (Å²) in [5.74, 6) is 0. The Kier molecular flexibility index (Phi) is 6.07. The molecule has 0 bridgehead atoms. The van der Waals surface area contributed by atoms with E-state index in [4.69, 9.17) is 4.98 Å². The average Bonchev–Trinajstić information content (AvgIpc) is 3.46. The highest BCUT2D eigenvalue weighted by molar-refractivity contribution is 5.94. The first-order valence-corrected chi connectivity index (χ1v) is 13.6. The minimum Gasteiger partial charge on any atom is -0.251 e. The van der Waals surface area contributed by atoms with Crippen LogP contribution in [0, 0.1) is 0 Å². The van der Waals surface area contributed by atoms with Crippen LogP contribution >= 0.6 is 0 Å². The summed E-state index contributed by atoms with van der Waals surface area (Å²) in [5, 5.41) is 11.6. The number of fused-ring (bicyclic) bond motifs is 5. The third-order valence-electron chi connectivity index (χ3n) is 8.17. The molecule has 3 aromatic heterocycles. The summed E-state index contributed by atoms with van der Waals surface area (Å²) in [5.41, 5.74) is 7.86. The van der Waals surface area contributed by atoms with Gasteiger partial charge in [-0.15, -0.1) is 5.10 Å². The van der Waals surface area contributed by atoms with Crippen LogP contribution in [0.15, 0.2) is 79.1 Å². The Hall–Kier alpha value is -3.86. The minimum atomic E-state index is 0.0861. The monoisotopic (exact) mass is 488 g/mol. The lowest BCUT2D eigenvalue weighted by Gasteiger charge is -2.33. The Morgan fingerprint density at radius 2 is 1.78 bits per heavy atom. The number of rotatable bonds is 7. The molecule has 1 aliphatic rings. The fourth-order valence-electron chi connectivity index (χ4n) is 5.88. The molecule has 5 aromatic rings. The molecule has 0 amide bonds. The van der Waals surface area contributed by atoms with Crippen molar-refractivity contribution in [3.05, 3.63) is 90.4 Å². The van der Waals surface area contributed by atoms with Gasteiger partial charge < -0.3 is 0 Å². The van der Waals surface area contributed by atoms with E-state index >= 15 is 0 Å². The molecule has 0 unspecified atom stereocenters. The van der Waals surface area contributed by atoms with Crippen molar-refractivity contribution in [3.63, 3.8) is 0 Å². The molecule has 37 heavy (non-hydrogen) atoms. The van der Waals surface area contributed by atoms with E-state index in [-0.39, 0.29) is 5.54 Å². The fourth-order valence-corrected chi connectivity index (χ4v) is 5.88. The number of aromatic nitrogens is 5. The molecule has 0 radical (unpaired) electrons. The molecule has 6 rings (SSSR count). The first kappa shape index (κ1) is 23.5. The lowest BCUT2D eigenvalue weighted by atomic mass is 9.78. The number of pyridine rings is 2. The van der Waals surface area contributed by atoms with Gasteiger partial charge in [0.25, 0.3) is 0 Å². The summed E-state index contributed by atoms with van der Waals surface area (Å²) in [6.45, 7) is 6.84. The number of nitrogens with zero attached hydrogens (tertiary/aromatic N) is 5. The van der Waals surface area contributed by atoms with Crippen LogP contribution in [-0.4, -0.2) is 20.0 Å². The molecule has 5 nitrogen and oxygen atoms in total. The second-order valence-corrected chi connectivity index (χ2v) is 10.2. The third kappa shape index (κ3) is 4.03. The fraction of sp³-hybridized carbons (Fsp3) is 0.312. The maximum Gasteiger partial charge on any atom is 0.221 e. The molecule has 1 aliphatic heterocycles. The number of hydrogen-bond acceptors (Lipinski definition) is 3. The van der Waals surface area contributed by atoms with E-state index in [1.807, 2.05) is 16.9 Å². The van der Waals surface area contributed by atoms with Gasteiger partial charge in [-0.3, -0.25) is 4.98 Å². The van der Waals surface area contributed by atoms with Gasteiger partial charge in [0.05, 0.1) is 28.5 Å². The number of aryl methyl sites for hydroxylation is 1. The van der Waals surface area contributed by atoms with Crippen LogP contribution in [0.2, 0.25) is 0 Å². The number of unbranched alkanes of at least 4 members (excludes halogenated alkanes) is 1. The van der Waals surface area contributed by atoms with Crippen molar-refractivity contribution in [1.82, 2.24) is 20.0 Å². The third-order valence-corrected chi connectivity index (χ3v) is 8.17. The standard InChI is InChI=1S/C32H34N5/c1-4-7-12-25-13-10-15-29(33-25)30-22-37(35-34-30)26-17-16-24-21-32(5-2,6-3)36-19-18-23-11-8-9-14-27(23)31(36)28(24)20-26/h8-11,13-20,22H,4-7,12,21H2,1-3H3/q+1. The van der Waals surface area contributed by atoms with Crippen molar-refractivity contribution >= 4 is 10.8 Å². The number of benzene rings is 2. The van der Waals surface area contributed by atoms with Crippen LogP contribution < -0.4 is 4.57 Å². The van der Waals surface area contributed by atoms with Crippen LogP contribution in [0.25, 0.3) is 39.1 Å². The van der Waals surface area contributed by atoms with Gasteiger partial charge in [-0.2, -0.15) is 4.57 Å². The van der Waals surface area contributed by atoms with Crippen LogP contribution in [-0.2, 0) is 18.4 Å². The van der Waals surface area contributed by atoms with Gasteiger partial charge in [0.2, 0.25) is 5.69 Å². The van der Waals surface area contributed by atoms with Gasteiger partial charge in [0.15, 0.2) is 11.7 Å². The first-order valence-electron chi connectivity index (χ1n) is 13.6. The SMILES string of the molecule is CCCCc1cccc(-c2cn(-c3ccc4c(c3)-c3c5ccccc5cc[n+]3C(CC)(CC)C4)nn2)n1. The van der Waals surface area contributed by atoms with E-state index in [0.717, 1.165) is 61.3 Å². The summed E-state index contributed by atoms with van der Waals surface area (Å²) in [6, 6.07) is 23.9. The highest BCUT2D eigenvalue weighted by Gasteiger charge is 2.44. The second-order valence-electron chi connectivity index (χ2n) is 10.2. The quantitative estimate of drug-likeness (QED) is 0.235. The molecule has 186 valence electrons. The molecule has 0 atom stereocenters. The molecular formula is C32H34N5+. The van der Waals surface area contributed by atoms with Gasteiger partial charge in [-0.25, -0.2) is 4.68 Å². The maximum absolute atomic E-state index is 4.84. The molecule has 0 spiro atoms. The van der Waals surface area contributed by atoms with Crippen LogP contribution in [0.4, 0.5) is 0 Å². The molecule has 0 fully saturated rings. The zero-order valence-electron chi connectivity index (χ0n) is 22.0. The van der Waals surface area contributed by atoms with E-state index in [1.54, 1.807) is 0 Å². The Morgan fingerprint density at radius 1 is 0.919 bits per heavy atom. The highest BCUT2D eigenvalue weighted by Crippen LogP contribution is 2.40. The van der Waals surface area contributed by atoms with Crippen molar-refractivity contribution in [2.24, 2.45) is 0 Å². The van der Waals surface area contributed by atoms with E-state index in [1.165, 1.54) is 27.6 Å². The van der Waals surface area contributed by atoms with Crippen molar-refractivity contribution in [3.8, 4) is 28.3 Å². The van der Waals surface area contributed by atoms with Gasteiger partial charge >= 0.3 is 0 Å². The van der Waals surface area contributed by atoms with Gasteiger partial charge in [-0.05, 0) is 54.1 Å². The van der Waals surface area contributed by atoms with Crippen LogP contribution in [0.3, 0.4) is 0 Å². The van der Waals surface area contributed by atoms with Crippen LogP contribution in [0.5, 0.6) is 0 Å². The average molecular weight is 489 g/mol. The Bertz CT molecular complexity index is 1580. The molecule has 0 aliphatic carbocycles. The van der Waals surface area contributed by atoms with E-state index < -0.39 is 0 Å². The molecule has 0 saturated heterocycles. The van der Waals surface area contributed by atoms with Crippen LogP contribution in [0.1, 0.15) is 57.7 Å². The predicted molar refractivity (Wildman–Crippen MR) is 149 cm³/mol. The van der Waals surface area contributed by atoms with Crippen molar-refractivity contribution in [2.45, 2.75) is 64.8 Å². The van der Waals surface area contributed by atoms with Crippen molar-refractivity contribution < 1.29 is 4.57 Å². The molecular weight excluding hydrogens is 454 g/mol. The second kappa shape index (κ2) is 9.55. The van der Waals surface area contributed by atoms with E-state index in [2.05, 4.69) is 103 Å². The molecule has 5 heteroatoms. The van der Waals surface area contributed by atoms with Gasteiger partial charge in [0, 0.05) is 31.0 Å². The smallest absolute Gasteiger partial charge is 0.221 e. The first-order chi connectivity index (χ1) is 18.2. The maximum atomic E-state index is 4.84. The molecule has 0 N–H and O–H groups in total. The predicted octanol–water partition coefficient (Wildman–Crippen LogP) is 6.85. The highest BCUT2D eigenvalue weighted by atomic mass is 15.4. The lowest BCUT2D eigenvalue weighted by molar-refractivity contribution is -0.757. The van der Waals surface area contributed by atoms with E-state index in [0.29, 0.717) is 0 Å². The summed E-state index contributed by atoms with van der Waals surface area (Å²) >= 11 is 0. The summed E-state index contributed by atoms with van der Waals surface area (Å²) in [6.07, 6.45) is 10.8. The summed E-state index contributed by atoms with van der Waals surface area (Å²) in [4.78, 5) is 4.84. The largest absolute Gasteiger partial charge is 0.251 e. The molecule has 2 aromatic carbocycles. The normalized spacial score (nSPS) is 13.9. The van der Waals surface area contributed by atoms with Crippen molar-refractivity contribution in [1.29, 1.82) is 0 Å². The number of hydrogen-bond donors (Lipinski definition) is 0. The zero-order valence-corrected chi connectivity index (χ0v) is 22.0. The Morgan fingerprint density at radius 3 is 2.62 bits per heavy atom. The summed E-state index contributed by atoms with van der Waals surface area (Å²) < 4.78 is 4.42. The minimum absolute atomic E-state index is 0.0861. The van der Waals surface area contributed by atoms with Crippen molar-refractivity contribution in [2.75, 3.05) is 0 Å². The van der Waals surface area contributed by atoms with E-state index in [9.17, 15) is 0 Å². The Balaban J connectivity index is 1.45. The lowest BCUT2D eigenvalue weighted by Crippen LogP contribution is -2.60. The summed E-state index contributed by atoms with van der Waals surface area (Å²) in [7, 11) is 0. The Labute approximate surface area is 218 Å². The van der Waals surface area contributed by atoms with Gasteiger partial charge in [-0.1, -0.05) is 62.7 Å². The molecule has 4 heterocycles.